The molecule has 0 unspecified atom stereocenters. The zero-order valence-corrected chi connectivity index (χ0v) is 7.13. The summed E-state index contributed by atoms with van der Waals surface area (Å²) in [4.78, 5) is 11.0. The van der Waals surface area contributed by atoms with E-state index in [1.54, 1.807) is 0 Å². The maximum atomic E-state index is 13.0. The van der Waals surface area contributed by atoms with E-state index in [0.29, 0.717) is 0 Å². The van der Waals surface area contributed by atoms with Gasteiger partial charge in [-0.3, -0.25) is 4.79 Å². The second-order valence-corrected chi connectivity index (χ2v) is 2.36. The van der Waals surface area contributed by atoms with Gasteiger partial charge in [0.1, 0.15) is 0 Å². The van der Waals surface area contributed by atoms with Crippen molar-refractivity contribution in [1.29, 1.82) is 0 Å². The number of carbonyl (C=O) groups is 1. The van der Waals surface area contributed by atoms with Crippen LogP contribution in [0.1, 0.15) is 10.4 Å². The van der Waals surface area contributed by atoms with Gasteiger partial charge in [0.15, 0.2) is 11.6 Å². The van der Waals surface area contributed by atoms with Gasteiger partial charge in [-0.2, -0.15) is 0 Å². The molecule has 1 rings (SSSR count). The van der Waals surface area contributed by atoms with Gasteiger partial charge in [0.05, 0.1) is 7.11 Å². The van der Waals surface area contributed by atoms with Crippen molar-refractivity contribution in [2.24, 2.45) is 0 Å². The summed E-state index contributed by atoms with van der Waals surface area (Å²) < 4.78 is 17.7. The number of rotatable bonds is 2. The molecule has 0 fully saturated rings. The van der Waals surface area contributed by atoms with Crippen molar-refractivity contribution in [3.63, 3.8) is 0 Å². The Morgan fingerprint density at radius 2 is 2.31 bits per heavy atom. The predicted molar refractivity (Wildman–Crippen MR) is 45.8 cm³/mol. The zero-order chi connectivity index (χ0) is 9.84. The van der Waals surface area contributed by atoms with E-state index < -0.39 is 11.7 Å². The van der Waals surface area contributed by atoms with Gasteiger partial charge in [-0.05, 0) is 18.2 Å². The third-order valence-electron chi connectivity index (χ3n) is 1.57. The molecule has 13 heavy (non-hydrogen) atoms. The highest BCUT2D eigenvalue weighted by molar-refractivity contribution is 5.94. The molecule has 1 radical (unpaired) electrons. The summed E-state index contributed by atoms with van der Waals surface area (Å²) in [6.45, 7) is 0. The van der Waals surface area contributed by atoms with Gasteiger partial charge in [-0.15, -0.1) is 0 Å². The van der Waals surface area contributed by atoms with Gasteiger partial charge in [-0.1, -0.05) is 0 Å². The van der Waals surface area contributed by atoms with Gasteiger partial charge < -0.3 is 10.1 Å². The van der Waals surface area contributed by atoms with E-state index in [2.05, 4.69) is 12.4 Å². The predicted octanol–water partition coefficient (Wildman–Crippen LogP) is 1.36. The van der Waals surface area contributed by atoms with Gasteiger partial charge in [0.25, 0.3) is 5.91 Å². The van der Waals surface area contributed by atoms with Crippen molar-refractivity contribution < 1.29 is 13.9 Å². The van der Waals surface area contributed by atoms with Crippen LogP contribution in [0.5, 0.6) is 5.75 Å². The van der Waals surface area contributed by atoms with E-state index in [0.717, 1.165) is 6.07 Å². The summed E-state index contributed by atoms with van der Waals surface area (Å²) in [7, 11) is 4.54. The zero-order valence-electron chi connectivity index (χ0n) is 7.13. The first-order valence-electron chi connectivity index (χ1n) is 3.60. The fourth-order valence-corrected chi connectivity index (χ4v) is 0.910. The standard InChI is InChI=1S/C9H9FNO2/c1-11-9(12)6-3-4-8(13-2)7(10)5-6/h3-5H,1H2,2H3,(H,11,12). The third kappa shape index (κ3) is 1.96. The summed E-state index contributed by atoms with van der Waals surface area (Å²) >= 11 is 0. The SMILES string of the molecule is [CH2]NC(=O)c1ccc(OC)c(F)c1. The van der Waals surface area contributed by atoms with Crippen LogP contribution in [0, 0.1) is 12.9 Å². The van der Waals surface area contributed by atoms with Crippen LogP contribution in [-0.2, 0) is 0 Å². The van der Waals surface area contributed by atoms with E-state index in [1.807, 2.05) is 0 Å². The highest BCUT2D eigenvalue weighted by atomic mass is 19.1. The van der Waals surface area contributed by atoms with Crippen LogP contribution in [-0.4, -0.2) is 13.0 Å². The molecule has 0 heterocycles. The summed E-state index contributed by atoms with van der Waals surface area (Å²) in [5.41, 5.74) is 0.216. The van der Waals surface area contributed by atoms with E-state index >= 15 is 0 Å². The van der Waals surface area contributed by atoms with Crippen molar-refractivity contribution in [3.05, 3.63) is 36.6 Å². The van der Waals surface area contributed by atoms with Crippen molar-refractivity contribution in [2.45, 2.75) is 0 Å². The highest BCUT2D eigenvalue weighted by Gasteiger charge is 2.07. The topological polar surface area (TPSA) is 38.3 Å². The Morgan fingerprint density at radius 1 is 1.62 bits per heavy atom. The average Bonchev–Trinajstić information content (AvgIpc) is 2.16. The lowest BCUT2D eigenvalue weighted by Gasteiger charge is -2.03. The molecule has 1 aromatic rings. The molecule has 0 saturated heterocycles. The summed E-state index contributed by atoms with van der Waals surface area (Å²) in [6.07, 6.45) is 0. The van der Waals surface area contributed by atoms with Crippen LogP contribution in [0.3, 0.4) is 0 Å². The Morgan fingerprint density at radius 3 is 2.77 bits per heavy atom. The lowest BCUT2D eigenvalue weighted by molar-refractivity contribution is 0.0968. The maximum absolute atomic E-state index is 13.0. The van der Waals surface area contributed by atoms with Crippen molar-refractivity contribution in [1.82, 2.24) is 5.32 Å². The number of methoxy groups -OCH3 is 1. The lowest BCUT2D eigenvalue weighted by atomic mass is 10.2. The molecule has 0 aliphatic heterocycles. The first-order chi connectivity index (χ1) is 6.19. The molecule has 1 amide bonds. The second-order valence-electron chi connectivity index (χ2n) is 2.36. The summed E-state index contributed by atoms with van der Waals surface area (Å²) in [5, 5.41) is 2.15. The summed E-state index contributed by atoms with van der Waals surface area (Å²) in [5.74, 6) is -0.884. The largest absolute Gasteiger partial charge is 0.494 e. The normalized spacial score (nSPS) is 9.46. The number of nitrogens with one attached hydrogen (secondary N) is 1. The smallest absolute Gasteiger partial charge is 0.251 e. The highest BCUT2D eigenvalue weighted by Crippen LogP contribution is 2.17. The fourth-order valence-electron chi connectivity index (χ4n) is 0.910. The molecule has 1 N–H and O–H groups in total. The molecule has 0 aromatic heterocycles. The van der Waals surface area contributed by atoms with Crippen molar-refractivity contribution in [2.75, 3.05) is 7.11 Å². The molecule has 0 spiro atoms. The molecular formula is C9H9FNO2. The summed E-state index contributed by atoms with van der Waals surface area (Å²) in [6, 6.07) is 3.95. The molecule has 1 aromatic carbocycles. The van der Waals surface area contributed by atoms with Crippen LogP contribution in [0.25, 0.3) is 0 Å². The van der Waals surface area contributed by atoms with Crippen LogP contribution in [0.15, 0.2) is 18.2 Å². The Hall–Kier alpha value is -1.58. The Bertz CT molecular complexity index is 325. The average molecular weight is 182 g/mol. The fraction of sp³-hybridized carbons (Fsp3) is 0.111. The molecular weight excluding hydrogens is 173 g/mol. The first kappa shape index (κ1) is 9.51. The van der Waals surface area contributed by atoms with E-state index in [4.69, 9.17) is 4.74 Å². The molecule has 0 atom stereocenters. The third-order valence-corrected chi connectivity index (χ3v) is 1.57. The quantitative estimate of drug-likeness (QED) is 0.749. The Balaban J connectivity index is 3.02. The minimum absolute atomic E-state index is 0.112. The minimum Gasteiger partial charge on any atom is -0.494 e. The van der Waals surface area contributed by atoms with Gasteiger partial charge in [0.2, 0.25) is 0 Å². The van der Waals surface area contributed by atoms with E-state index in [9.17, 15) is 9.18 Å². The lowest BCUT2D eigenvalue weighted by Crippen LogP contribution is -2.15. The number of halogens is 1. The minimum atomic E-state index is -0.566. The maximum Gasteiger partial charge on any atom is 0.251 e. The molecule has 69 valence electrons. The number of ether oxygens (including phenoxy) is 1. The monoisotopic (exact) mass is 182 g/mol. The number of hydrogen-bond acceptors (Lipinski definition) is 2. The van der Waals surface area contributed by atoms with E-state index in [-0.39, 0.29) is 11.3 Å². The van der Waals surface area contributed by atoms with Gasteiger partial charge >= 0.3 is 0 Å². The molecule has 0 bridgehead atoms. The molecule has 0 aliphatic carbocycles. The van der Waals surface area contributed by atoms with Crippen molar-refractivity contribution >= 4 is 5.91 Å². The van der Waals surface area contributed by atoms with Crippen LogP contribution in [0.4, 0.5) is 4.39 Å². The van der Waals surface area contributed by atoms with Crippen LogP contribution >= 0.6 is 0 Å². The second kappa shape index (κ2) is 3.89. The van der Waals surface area contributed by atoms with Crippen molar-refractivity contribution in [3.8, 4) is 5.75 Å². The number of carbonyl (C=O) groups excluding carboxylic acids is 1. The number of benzene rings is 1. The Labute approximate surface area is 75.5 Å². The molecule has 0 aliphatic rings. The van der Waals surface area contributed by atoms with Crippen LogP contribution in [0.2, 0.25) is 0 Å². The van der Waals surface area contributed by atoms with Gasteiger partial charge in [-0.25, -0.2) is 4.39 Å². The van der Waals surface area contributed by atoms with E-state index in [1.165, 1.54) is 19.2 Å². The number of hydrogen-bond donors (Lipinski definition) is 1. The molecule has 0 saturated carbocycles. The molecule has 4 heteroatoms. The first-order valence-corrected chi connectivity index (χ1v) is 3.60. The number of amides is 1. The van der Waals surface area contributed by atoms with Gasteiger partial charge in [0, 0.05) is 12.6 Å². The molecule has 3 nitrogen and oxygen atoms in total. The Kier molecular flexibility index (Phi) is 2.84. The van der Waals surface area contributed by atoms with Crippen LogP contribution < -0.4 is 10.1 Å².